The molecule has 0 unspecified atom stereocenters. The maximum atomic E-state index is 11.6. The fourth-order valence-corrected chi connectivity index (χ4v) is 1.91. The first-order valence-corrected chi connectivity index (χ1v) is 7.23. The fourth-order valence-electron chi connectivity index (χ4n) is 1.50. The van der Waals surface area contributed by atoms with Crippen LogP contribution in [0.3, 0.4) is 0 Å². The Kier molecular flexibility index (Phi) is 5.74. The van der Waals surface area contributed by atoms with Gasteiger partial charge in [-0.1, -0.05) is 22.0 Å². The molecule has 0 radical (unpaired) electrons. The molecule has 1 rings (SSSR count). The van der Waals surface area contributed by atoms with Crippen LogP contribution in [0.4, 0.5) is 4.79 Å². The molecule has 0 spiro atoms. The van der Waals surface area contributed by atoms with Crippen molar-refractivity contribution in [1.82, 2.24) is 5.32 Å². The first kappa shape index (κ1) is 16.7. The summed E-state index contributed by atoms with van der Waals surface area (Å²) >= 11 is 3.44. The van der Waals surface area contributed by atoms with Crippen molar-refractivity contribution >= 4 is 27.9 Å². The van der Waals surface area contributed by atoms with Crippen molar-refractivity contribution in [3.05, 3.63) is 33.8 Å². The number of nitrogens with zero attached hydrogens (tertiary/aromatic N) is 1. The fraction of sp³-hybridized carbons (Fsp3) is 0.467. The quantitative estimate of drug-likeness (QED) is 0.647. The third-order valence-corrected chi connectivity index (χ3v) is 2.97. The highest BCUT2D eigenvalue weighted by molar-refractivity contribution is 9.10. The normalized spacial score (nSPS) is 12.2. The molecule has 0 saturated heterocycles. The molecule has 1 amide bonds. The van der Waals surface area contributed by atoms with Gasteiger partial charge in [0, 0.05) is 4.47 Å². The Hall–Kier alpha value is -1.36. The maximum absolute atomic E-state index is 11.6. The van der Waals surface area contributed by atoms with Gasteiger partial charge in [-0.05, 0) is 57.9 Å². The topological polar surface area (TPSA) is 50.7 Å². The molecule has 0 atom stereocenters. The van der Waals surface area contributed by atoms with Crippen LogP contribution < -0.4 is 5.32 Å². The molecular formula is C15H21BrN2O2. The van der Waals surface area contributed by atoms with E-state index in [2.05, 4.69) is 26.2 Å². The highest BCUT2D eigenvalue weighted by Crippen LogP contribution is 2.16. The Morgan fingerprint density at radius 2 is 2.05 bits per heavy atom. The van der Waals surface area contributed by atoms with Gasteiger partial charge in [-0.3, -0.25) is 10.3 Å². The summed E-state index contributed by atoms with van der Waals surface area (Å²) in [5, 5.41) is 2.62. The largest absolute Gasteiger partial charge is 0.444 e. The van der Waals surface area contributed by atoms with Gasteiger partial charge < -0.3 is 4.74 Å². The molecule has 0 aromatic heterocycles. The minimum Gasteiger partial charge on any atom is -0.444 e. The number of hydrogen-bond acceptors (Lipinski definition) is 3. The number of halogens is 1. The number of amidine groups is 1. The number of nitrogens with one attached hydrogen (secondary N) is 1. The lowest BCUT2D eigenvalue weighted by Gasteiger charge is -2.19. The van der Waals surface area contributed by atoms with Gasteiger partial charge in [0.25, 0.3) is 0 Å². The molecule has 0 bridgehead atoms. The minimum absolute atomic E-state index is 0.482. The van der Waals surface area contributed by atoms with Gasteiger partial charge in [-0.2, -0.15) is 0 Å². The Labute approximate surface area is 128 Å². The highest BCUT2D eigenvalue weighted by Gasteiger charge is 2.16. The molecular weight excluding hydrogens is 320 g/mol. The number of aryl methyl sites for hydroxylation is 1. The molecule has 1 aromatic carbocycles. The molecule has 0 saturated carbocycles. The zero-order valence-corrected chi connectivity index (χ0v) is 14.2. The predicted octanol–water partition coefficient (Wildman–Crippen LogP) is 4.20. The van der Waals surface area contributed by atoms with Gasteiger partial charge in [0.15, 0.2) is 0 Å². The van der Waals surface area contributed by atoms with Gasteiger partial charge in [-0.25, -0.2) is 4.79 Å². The van der Waals surface area contributed by atoms with Crippen LogP contribution in [-0.4, -0.2) is 17.5 Å². The molecule has 0 fully saturated rings. The van der Waals surface area contributed by atoms with Crippen molar-refractivity contribution < 1.29 is 9.53 Å². The molecule has 0 aliphatic carbocycles. The predicted molar refractivity (Wildman–Crippen MR) is 85.1 cm³/mol. The van der Waals surface area contributed by atoms with Gasteiger partial charge >= 0.3 is 6.09 Å². The van der Waals surface area contributed by atoms with Gasteiger partial charge in [-0.15, -0.1) is 0 Å². The van der Waals surface area contributed by atoms with Crippen LogP contribution in [0.2, 0.25) is 0 Å². The molecule has 0 heterocycles. The van der Waals surface area contributed by atoms with E-state index in [0.29, 0.717) is 12.4 Å². The summed E-state index contributed by atoms with van der Waals surface area (Å²) in [7, 11) is 0. The van der Waals surface area contributed by atoms with Gasteiger partial charge in [0.1, 0.15) is 11.4 Å². The summed E-state index contributed by atoms with van der Waals surface area (Å²) in [6.45, 7) is 9.77. The Bertz CT molecular complexity index is 519. The first-order valence-electron chi connectivity index (χ1n) is 6.43. The van der Waals surface area contributed by atoms with Crippen molar-refractivity contribution in [3.63, 3.8) is 0 Å². The van der Waals surface area contributed by atoms with Crippen molar-refractivity contribution in [3.8, 4) is 0 Å². The third-order valence-electron chi connectivity index (χ3n) is 2.48. The number of aliphatic imine (C=N–C) groups is 1. The summed E-state index contributed by atoms with van der Waals surface area (Å²) in [6, 6.07) is 6.06. The smallest absolute Gasteiger partial charge is 0.413 e. The number of ether oxygens (including phenoxy) is 1. The van der Waals surface area contributed by atoms with Crippen LogP contribution in [0.1, 0.15) is 38.8 Å². The van der Waals surface area contributed by atoms with Crippen LogP contribution in [0.25, 0.3) is 0 Å². The van der Waals surface area contributed by atoms with Crippen molar-refractivity contribution in [1.29, 1.82) is 0 Å². The number of hydrogen-bond donors (Lipinski definition) is 1. The minimum atomic E-state index is -0.509. The number of carbonyl (C=O) groups is 1. The standard InChI is InChI=1S/C15H21BrN2O2/c1-10-6-7-13(16)8-12(10)9-17-11(2)18-14(19)20-15(3,4)5/h6-8H,9H2,1-5H3,(H,17,18,19). The average Bonchev–Trinajstić information content (AvgIpc) is 2.27. The van der Waals surface area contributed by atoms with Gasteiger partial charge in [0.05, 0.1) is 6.54 Å². The summed E-state index contributed by atoms with van der Waals surface area (Å²) in [4.78, 5) is 15.9. The zero-order chi connectivity index (χ0) is 15.3. The van der Waals surface area contributed by atoms with E-state index in [1.54, 1.807) is 6.92 Å². The van der Waals surface area contributed by atoms with E-state index in [-0.39, 0.29) is 0 Å². The molecule has 20 heavy (non-hydrogen) atoms. The van der Waals surface area contributed by atoms with E-state index < -0.39 is 11.7 Å². The second-order valence-electron chi connectivity index (χ2n) is 5.60. The number of rotatable bonds is 2. The molecule has 0 aliphatic rings. The molecule has 4 nitrogen and oxygen atoms in total. The van der Waals surface area contributed by atoms with Crippen LogP contribution in [0.15, 0.2) is 27.7 Å². The SMILES string of the molecule is CC(=NCc1cc(Br)ccc1C)NC(=O)OC(C)(C)C. The average molecular weight is 341 g/mol. The monoisotopic (exact) mass is 340 g/mol. The number of benzene rings is 1. The molecule has 5 heteroatoms. The van der Waals surface area contributed by atoms with Crippen LogP contribution in [0.5, 0.6) is 0 Å². The van der Waals surface area contributed by atoms with Crippen molar-refractivity contribution in [2.24, 2.45) is 4.99 Å². The second-order valence-corrected chi connectivity index (χ2v) is 6.52. The lowest BCUT2D eigenvalue weighted by atomic mass is 10.1. The second kappa shape index (κ2) is 6.88. The summed E-state index contributed by atoms with van der Waals surface area (Å²) in [6.07, 6.45) is -0.482. The lowest BCUT2D eigenvalue weighted by molar-refractivity contribution is 0.0563. The van der Waals surface area contributed by atoms with E-state index in [1.807, 2.05) is 45.9 Å². The van der Waals surface area contributed by atoms with E-state index in [0.717, 1.165) is 10.0 Å². The summed E-state index contributed by atoms with van der Waals surface area (Å²) in [5.41, 5.74) is 1.78. The highest BCUT2D eigenvalue weighted by atomic mass is 79.9. The third kappa shape index (κ3) is 6.19. The van der Waals surface area contributed by atoms with E-state index in [1.165, 1.54) is 5.56 Å². The number of carbonyl (C=O) groups excluding carboxylic acids is 1. The Morgan fingerprint density at radius 3 is 2.65 bits per heavy atom. The van der Waals surface area contributed by atoms with Crippen LogP contribution in [-0.2, 0) is 11.3 Å². The van der Waals surface area contributed by atoms with E-state index >= 15 is 0 Å². The first-order chi connectivity index (χ1) is 9.17. The Balaban J connectivity index is 2.62. The summed E-state index contributed by atoms with van der Waals surface area (Å²) < 4.78 is 6.18. The molecule has 1 N–H and O–H groups in total. The molecule has 1 aromatic rings. The molecule has 110 valence electrons. The van der Waals surface area contributed by atoms with Crippen molar-refractivity contribution in [2.75, 3.05) is 0 Å². The van der Waals surface area contributed by atoms with E-state index in [4.69, 9.17) is 4.74 Å². The number of alkyl carbamates (subject to hydrolysis) is 1. The lowest BCUT2D eigenvalue weighted by Crippen LogP contribution is -2.35. The molecule has 0 aliphatic heterocycles. The van der Waals surface area contributed by atoms with Crippen LogP contribution in [0, 0.1) is 6.92 Å². The van der Waals surface area contributed by atoms with Crippen molar-refractivity contribution in [2.45, 2.75) is 46.8 Å². The van der Waals surface area contributed by atoms with Crippen LogP contribution >= 0.6 is 15.9 Å². The van der Waals surface area contributed by atoms with Gasteiger partial charge in [0.2, 0.25) is 0 Å². The van der Waals surface area contributed by atoms with E-state index in [9.17, 15) is 4.79 Å². The Morgan fingerprint density at radius 1 is 1.40 bits per heavy atom. The maximum Gasteiger partial charge on any atom is 0.413 e. The zero-order valence-electron chi connectivity index (χ0n) is 12.6. The number of amides is 1. The summed E-state index contributed by atoms with van der Waals surface area (Å²) in [5.74, 6) is 0.540.